The minimum atomic E-state index is -4.77. The fourth-order valence-corrected chi connectivity index (χ4v) is 4.38. The second kappa shape index (κ2) is 7.55. The van der Waals surface area contributed by atoms with E-state index in [4.69, 9.17) is 0 Å². The van der Waals surface area contributed by atoms with Crippen molar-refractivity contribution < 1.29 is 17.6 Å². The van der Waals surface area contributed by atoms with E-state index in [-0.39, 0.29) is 22.8 Å². The average molecular weight is 468 g/mol. The van der Waals surface area contributed by atoms with Crippen LogP contribution in [0.5, 0.6) is 0 Å². The molecule has 0 aliphatic carbocycles. The van der Waals surface area contributed by atoms with E-state index < -0.39 is 22.0 Å². The lowest BCUT2D eigenvalue weighted by Gasteiger charge is -2.21. The van der Waals surface area contributed by atoms with Gasteiger partial charge in [0.2, 0.25) is 0 Å². The third-order valence-corrected chi connectivity index (χ3v) is 5.96. The third-order valence-electron chi connectivity index (χ3n) is 5.18. The second-order valence-corrected chi connectivity index (χ2v) is 7.99. The molecule has 1 atom stereocenters. The van der Waals surface area contributed by atoms with Gasteiger partial charge >= 0.3 is 6.18 Å². The van der Waals surface area contributed by atoms with Crippen molar-refractivity contribution in [3.8, 4) is 0 Å². The van der Waals surface area contributed by atoms with E-state index in [2.05, 4.69) is 31.2 Å². The zero-order valence-corrected chi connectivity index (χ0v) is 17.2. The van der Waals surface area contributed by atoms with E-state index in [1.165, 1.54) is 0 Å². The van der Waals surface area contributed by atoms with E-state index in [1.807, 2.05) is 31.2 Å². The first-order chi connectivity index (χ1) is 13.8. The van der Waals surface area contributed by atoms with Gasteiger partial charge < -0.3 is 5.32 Å². The highest BCUT2D eigenvalue weighted by Gasteiger charge is 2.38. The van der Waals surface area contributed by atoms with Gasteiger partial charge in [0.1, 0.15) is 17.5 Å². The van der Waals surface area contributed by atoms with Gasteiger partial charge in [0.05, 0.1) is 27.0 Å². The molecule has 0 amide bonds. The molecule has 0 radical (unpaired) electrons. The minimum Gasteiger partial charge on any atom is -0.363 e. The van der Waals surface area contributed by atoms with Crippen LogP contribution in [0.3, 0.4) is 0 Å². The van der Waals surface area contributed by atoms with Crippen LogP contribution in [-0.4, -0.2) is 9.97 Å². The molecular formula is C21H18BrF4N3. The molecule has 8 heteroatoms. The predicted octanol–water partition coefficient (Wildman–Crippen LogP) is 6.60. The molecule has 2 heterocycles. The number of nitrogens with zero attached hydrogens (tertiary/aromatic N) is 2. The molecular weight excluding hydrogens is 450 g/mol. The Morgan fingerprint density at radius 3 is 2.59 bits per heavy atom. The maximum absolute atomic E-state index is 14.3. The molecule has 4 rings (SSSR count). The predicted molar refractivity (Wildman–Crippen MR) is 107 cm³/mol. The van der Waals surface area contributed by atoms with Crippen molar-refractivity contribution in [3.63, 3.8) is 0 Å². The highest BCUT2D eigenvalue weighted by molar-refractivity contribution is 9.10. The van der Waals surface area contributed by atoms with E-state index in [9.17, 15) is 17.6 Å². The molecule has 1 N–H and O–H groups in total. The lowest BCUT2D eigenvalue weighted by molar-refractivity contribution is -0.137. The van der Waals surface area contributed by atoms with Crippen LogP contribution in [0.1, 0.15) is 48.3 Å². The Morgan fingerprint density at radius 1 is 1.10 bits per heavy atom. The Bertz CT molecular complexity index is 1080. The molecule has 1 aliphatic rings. The number of hydrogen-bond donors (Lipinski definition) is 1. The fraction of sp³-hybridized carbons (Fsp3) is 0.333. The summed E-state index contributed by atoms with van der Waals surface area (Å²) >= 11 is 2.77. The summed E-state index contributed by atoms with van der Waals surface area (Å²) in [5.74, 6) is -0.515. The molecule has 29 heavy (non-hydrogen) atoms. The quantitative estimate of drug-likeness (QED) is 0.378. The number of halogens is 5. The number of benzene rings is 2. The Labute approximate surface area is 173 Å². The summed E-state index contributed by atoms with van der Waals surface area (Å²) < 4.78 is 55.2. The van der Waals surface area contributed by atoms with Gasteiger partial charge in [-0.1, -0.05) is 24.3 Å². The van der Waals surface area contributed by atoms with E-state index in [0.717, 1.165) is 36.5 Å². The fourth-order valence-electron chi connectivity index (χ4n) is 3.84. The highest BCUT2D eigenvalue weighted by atomic mass is 79.9. The number of alkyl halides is 3. The summed E-state index contributed by atoms with van der Waals surface area (Å²) in [6.07, 6.45) is -1.69. The van der Waals surface area contributed by atoms with Crippen LogP contribution < -0.4 is 5.32 Å². The van der Waals surface area contributed by atoms with Gasteiger partial charge in [-0.25, -0.2) is 14.4 Å². The minimum absolute atomic E-state index is 0.0507. The first-order valence-corrected chi connectivity index (χ1v) is 10.1. The SMILES string of the molecule is C[C@H]1Nc2nc(nc3cc(F)c(Br)c(C(F)(F)F)c23)CCCCc2ccccc21. The Balaban J connectivity index is 1.98. The van der Waals surface area contributed by atoms with Crippen molar-refractivity contribution in [2.45, 2.75) is 44.8 Å². The first kappa shape index (κ1) is 20.1. The van der Waals surface area contributed by atoms with Gasteiger partial charge in [0.25, 0.3) is 0 Å². The van der Waals surface area contributed by atoms with E-state index in [1.54, 1.807) is 0 Å². The lowest BCUT2D eigenvalue weighted by atomic mass is 9.97. The molecule has 0 saturated heterocycles. The van der Waals surface area contributed by atoms with Gasteiger partial charge in [-0.2, -0.15) is 13.2 Å². The molecule has 0 saturated carbocycles. The van der Waals surface area contributed by atoms with Crippen LogP contribution in [0.4, 0.5) is 23.4 Å². The monoisotopic (exact) mass is 467 g/mol. The molecule has 1 aliphatic heterocycles. The Kier molecular flexibility index (Phi) is 5.23. The molecule has 3 aromatic rings. The van der Waals surface area contributed by atoms with Crippen LogP contribution in [0, 0.1) is 5.82 Å². The summed E-state index contributed by atoms with van der Waals surface area (Å²) in [4.78, 5) is 8.66. The molecule has 0 fully saturated rings. The maximum atomic E-state index is 14.3. The van der Waals surface area contributed by atoms with Crippen LogP contribution in [0.2, 0.25) is 0 Å². The summed E-state index contributed by atoms with van der Waals surface area (Å²) in [5.41, 5.74) is 1.02. The second-order valence-electron chi connectivity index (χ2n) is 7.20. The van der Waals surface area contributed by atoms with Crippen LogP contribution >= 0.6 is 15.9 Å². The average Bonchev–Trinajstić information content (AvgIpc) is 2.67. The molecule has 0 spiro atoms. The Morgan fingerprint density at radius 2 is 1.83 bits per heavy atom. The van der Waals surface area contributed by atoms with Crippen molar-refractivity contribution in [3.05, 3.63) is 63.1 Å². The van der Waals surface area contributed by atoms with Gasteiger partial charge in [-0.3, -0.25) is 0 Å². The normalized spacial score (nSPS) is 17.4. The maximum Gasteiger partial charge on any atom is 0.418 e. The topological polar surface area (TPSA) is 37.8 Å². The first-order valence-electron chi connectivity index (χ1n) is 9.36. The molecule has 2 bridgehead atoms. The van der Waals surface area contributed by atoms with Crippen molar-refractivity contribution >= 4 is 32.7 Å². The van der Waals surface area contributed by atoms with E-state index >= 15 is 0 Å². The van der Waals surface area contributed by atoms with E-state index in [0.29, 0.717) is 12.2 Å². The Hall–Kier alpha value is -2.22. The van der Waals surface area contributed by atoms with Crippen LogP contribution in [-0.2, 0) is 19.0 Å². The molecule has 3 nitrogen and oxygen atoms in total. The largest absolute Gasteiger partial charge is 0.418 e. The summed E-state index contributed by atoms with van der Waals surface area (Å²) in [5, 5.41) is 2.92. The number of hydrogen-bond acceptors (Lipinski definition) is 3. The molecule has 2 aromatic carbocycles. The van der Waals surface area contributed by atoms with Crippen molar-refractivity contribution in [2.75, 3.05) is 5.32 Å². The smallest absolute Gasteiger partial charge is 0.363 e. The number of rotatable bonds is 0. The molecule has 0 unspecified atom stereocenters. The van der Waals surface area contributed by atoms with Crippen LogP contribution in [0.25, 0.3) is 10.9 Å². The van der Waals surface area contributed by atoms with Crippen molar-refractivity contribution in [1.29, 1.82) is 0 Å². The van der Waals surface area contributed by atoms with Gasteiger partial charge in [-0.05, 0) is 53.2 Å². The van der Waals surface area contributed by atoms with Gasteiger partial charge in [-0.15, -0.1) is 0 Å². The number of nitrogens with one attached hydrogen (secondary N) is 1. The summed E-state index contributed by atoms with van der Waals surface area (Å²) in [7, 11) is 0. The molecule has 152 valence electrons. The highest BCUT2D eigenvalue weighted by Crippen LogP contribution is 2.43. The van der Waals surface area contributed by atoms with Crippen LogP contribution in [0.15, 0.2) is 34.8 Å². The summed E-state index contributed by atoms with van der Waals surface area (Å²) in [6, 6.07) is 8.63. The zero-order chi connectivity index (χ0) is 20.8. The van der Waals surface area contributed by atoms with Gasteiger partial charge in [0, 0.05) is 12.5 Å². The number of aryl methyl sites for hydroxylation is 2. The standard InChI is InChI=1S/C21H18BrF4N3/c1-11-13-8-4-2-6-12(13)7-3-5-9-16-28-15-10-14(23)19(22)18(21(24,25)26)17(15)20(27-11)29-16/h2,4,6,8,10-11H,3,5,7,9H2,1H3,(H,27,28,29)/t11-/m1/s1. The molecule has 1 aromatic heterocycles. The lowest BCUT2D eigenvalue weighted by Crippen LogP contribution is -2.15. The van der Waals surface area contributed by atoms with Crippen molar-refractivity contribution in [1.82, 2.24) is 9.97 Å². The van der Waals surface area contributed by atoms with Gasteiger partial charge in [0.15, 0.2) is 0 Å². The number of fused-ring (bicyclic) bond motifs is 5. The third kappa shape index (κ3) is 3.82. The number of anilines is 1. The van der Waals surface area contributed by atoms with Crippen molar-refractivity contribution in [2.24, 2.45) is 0 Å². The summed E-state index contributed by atoms with van der Waals surface area (Å²) in [6.45, 7) is 1.89. The zero-order valence-electron chi connectivity index (χ0n) is 15.6. The number of aromatic nitrogens is 2.